The van der Waals surface area contributed by atoms with Crippen molar-refractivity contribution in [2.75, 3.05) is 19.8 Å². The van der Waals surface area contributed by atoms with Crippen LogP contribution in [-0.4, -0.2) is 19.8 Å². The second-order valence-corrected chi connectivity index (χ2v) is 4.29. The van der Waals surface area contributed by atoms with E-state index in [9.17, 15) is 13.2 Å². The molecule has 1 aromatic carbocycles. The molecule has 1 fully saturated rings. The van der Waals surface area contributed by atoms with Crippen LogP contribution in [-0.2, 0) is 10.9 Å². The number of ether oxygens (including phenoxy) is 1. The summed E-state index contributed by atoms with van der Waals surface area (Å²) in [7, 11) is 0. The normalized spacial score (nSPS) is 20.3. The lowest BCUT2D eigenvalue weighted by molar-refractivity contribution is -0.137. The molecule has 0 aromatic heterocycles. The molecule has 0 bridgehead atoms. The van der Waals surface area contributed by atoms with Crippen molar-refractivity contribution in [1.29, 1.82) is 0 Å². The Labute approximate surface area is 114 Å². The molecule has 2 rings (SSSR count). The van der Waals surface area contributed by atoms with Crippen LogP contribution in [0.4, 0.5) is 13.2 Å². The van der Waals surface area contributed by atoms with E-state index in [0.29, 0.717) is 25.3 Å². The molecule has 0 spiro atoms. The summed E-state index contributed by atoms with van der Waals surface area (Å²) >= 11 is 5.71. The number of rotatable bonds is 1. The highest BCUT2D eigenvalue weighted by Crippen LogP contribution is 2.33. The molecule has 1 heterocycles. The molecule has 18 heavy (non-hydrogen) atoms. The molecule has 1 saturated heterocycles. The molecule has 1 N–H and O–H groups in total. The minimum atomic E-state index is -4.38. The quantitative estimate of drug-likeness (QED) is 0.858. The maximum absolute atomic E-state index is 12.6. The second-order valence-electron chi connectivity index (χ2n) is 3.85. The van der Waals surface area contributed by atoms with E-state index in [-0.39, 0.29) is 23.5 Å². The zero-order valence-electron chi connectivity index (χ0n) is 9.26. The van der Waals surface area contributed by atoms with Gasteiger partial charge < -0.3 is 10.1 Å². The van der Waals surface area contributed by atoms with E-state index in [2.05, 4.69) is 5.32 Å². The minimum absolute atomic E-state index is 0. The van der Waals surface area contributed by atoms with Crippen molar-refractivity contribution in [1.82, 2.24) is 5.32 Å². The average molecular weight is 302 g/mol. The van der Waals surface area contributed by atoms with Gasteiger partial charge in [-0.1, -0.05) is 11.6 Å². The Hall–Kier alpha value is -0.490. The Kier molecular flexibility index (Phi) is 5.28. The van der Waals surface area contributed by atoms with Gasteiger partial charge in [-0.2, -0.15) is 13.2 Å². The third kappa shape index (κ3) is 3.75. The van der Waals surface area contributed by atoms with E-state index >= 15 is 0 Å². The summed E-state index contributed by atoms with van der Waals surface area (Å²) in [5.41, 5.74) is -0.225. The van der Waals surface area contributed by atoms with Crippen LogP contribution in [0.25, 0.3) is 0 Å². The highest BCUT2D eigenvalue weighted by Gasteiger charge is 2.32. The fourth-order valence-corrected chi connectivity index (χ4v) is 2.00. The molecular weight excluding hydrogens is 290 g/mol. The van der Waals surface area contributed by atoms with Crippen molar-refractivity contribution in [3.63, 3.8) is 0 Å². The summed E-state index contributed by atoms with van der Waals surface area (Å²) in [5, 5.41) is 3.18. The first kappa shape index (κ1) is 15.6. The predicted octanol–water partition coefficient (Wildman–Crippen LogP) is 3.44. The Bertz CT molecular complexity index is 406. The van der Waals surface area contributed by atoms with Gasteiger partial charge in [0.05, 0.1) is 24.8 Å². The third-order valence-corrected chi connectivity index (χ3v) is 2.79. The van der Waals surface area contributed by atoms with Gasteiger partial charge in [0.2, 0.25) is 0 Å². The number of hydrogen-bond donors (Lipinski definition) is 1. The molecule has 0 radical (unpaired) electrons. The molecular formula is C11H12Cl2F3NO. The lowest BCUT2D eigenvalue weighted by atomic mass is 10.0. The van der Waals surface area contributed by atoms with E-state index in [1.807, 2.05) is 0 Å². The summed E-state index contributed by atoms with van der Waals surface area (Å²) in [6.07, 6.45) is -4.38. The van der Waals surface area contributed by atoms with Crippen molar-refractivity contribution >= 4 is 24.0 Å². The summed E-state index contributed by atoms with van der Waals surface area (Å²) in [6.45, 7) is 1.55. The molecule has 0 aliphatic carbocycles. The first-order valence-corrected chi connectivity index (χ1v) is 5.53. The van der Waals surface area contributed by atoms with Gasteiger partial charge >= 0.3 is 6.18 Å². The third-order valence-electron chi connectivity index (χ3n) is 2.57. The highest BCUT2D eigenvalue weighted by atomic mass is 35.5. The smallest absolute Gasteiger partial charge is 0.378 e. The lowest BCUT2D eigenvalue weighted by Gasteiger charge is -2.25. The van der Waals surface area contributed by atoms with Crippen molar-refractivity contribution in [3.8, 4) is 0 Å². The Morgan fingerprint density at radius 3 is 2.56 bits per heavy atom. The molecule has 1 aliphatic heterocycles. The summed E-state index contributed by atoms with van der Waals surface area (Å²) in [5.74, 6) is 0. The molecule has 1 aromatic rings. The number of hydrogen-bond acceptors (Lipinski definition) is 2. The molecule has 7 heteroatoms. The SMILES string of the molecule is Cl.FC(F)(F)c1cc(Cl)cc([C@H]2COCCN2)c1. The number of alkyl halides is 3. The Morgan fingerprint density at radius 2 is 2.00 bits per heavy atom. The van der Waals surface area contributed by atoms with Gasteiger partial charge in [0.25, 0.3) is 0 Å². The maximum atomic E-state index is 12.6. The number of morpholine rings is 1. The molecule has 2 nitrogen and oxygen atoms in total. The van der Waals surface area contributed by atoms with E-state index in [1.54, 1.807) is 0 Å². The molecule has 0 saturated carbocycles. The number of benzene rings is 1. The fraction of sp³-hybridized carbons (Fsp3) is 0.455. The molecule has 1 atom stereocenters. The van der Waals surface area contributed by atoms with Gasteiger partial charge in [0.15, 0.2) is 0 Å². The van der Waals surface area contributed by atoms with Crippen LogP contribution in [0.5, 0.6) is 0 Å². The summed E-state index contributed by atoms with van der Waals surface area (Å²) in [6, 6.07) is 3.33. The van der Waals surface area contributed by atoms with Crippen LogP contribution >= 0.6 is 24.0 Å². The van der Waals surface area contributed by atoms with Crippen molar-refractivity contribution in [2.45, 2.75) is 12.2 Å². The Balaban J connectivity index is 0.00000162. The van der Waals surface area contributed by atoms with E-state index in [4.69, 9.17) is 16.3 Å². The predicted molar refractivity (Wildman–Crippen MR) is 65.3 cm³/mol. The van der Waals surface area contributed by atoms with E-state index < -0.39 is 11.7 Å². The summed E-state index contributed by atoms with van der Waals surface area (Å²) < 4.78 is 43.0. The summed E-state index contributed by atoms with van der Waals surface area (Å²) in [4.78, 5) is 0. The van der Waals surface area contributed by atoms with Crippen molar-refractivity contribution in [2.24, 2.45) is 0 Å². The number of nitrogens with one attached hydrogen (secondary N) is 1. The van der Waals surface area contributed by atoms with Crippen LogP contribution in [0, 0.1) is 0 Å². The van der Waals surface area contributed by atoms with Crippen LogP contribution in [0.3, 0.4) is 0 Å². The van der Waals surface area contributed by atoms with E-state index in [1.165, 1.54) is 6.07 Å². The standard InChI is InChI=1S/C11H11ClF3NO.ClH/c12-9-4-7(10-6-17-2-1-16-10)3-8(5-9)11(13,14)15;/h3-5,10,16H,1-2,6H2;1H/t10-;/m1./s1. The van der Waals surface area contributed by atoms with Gasteiger partial charge in [0, 0.05) is 11.6 Å². The zero-order chi connectivity index (χ0) is 12.5. The largest absolute Gasteiger partial charge is 0.416 e. The molecule has 0 unspecified atom stereocenters. The maximum Gasteiger partial charge on any atom is 0.416 e. The topological polar surface area (TPSA) is 21.3 Å². The molecule has 102 valence electrons. The second kappa shape index (κ2) is 6.10. The average Bonchev–Trinajstić information content (AvgIpc) is 2.28. The van der Waals surface area contributed by atoms with Gasteiger partial charge in [-0.25, -0.2) is 0 Å². The van der Waals surface area contributed by atoms with Gasteiger partial charge in [-0.3, -0.25) is 0 Å². The monoisotopic (exact) mass is 301 g/mol. The van der Waals surface area contributed by atoms with Crippen LogP contribution < -0.4 is 5.32 Å². The first-order chi connectivity index (χ1) is 7.97. The minimum Gasteiger partial charge on any atom is -0.378 e. The van der Waals surface area contributed by atoms with Gasteiger partial charge in [0.1, 0.15) is 0 Å². The highest BCUT2D eigenvalue weighted by molar-refractivity contribution is 6.30. The molecule has 0 amide bonds. The van der Waals surface area contributed by atoms with Crippen molar-refractivity contribution in [3.05, 3.63) is 34.3 Å². The fourth-order valence-electron chi connectivity index (χ4n) is 1.76. The zero-order valence-corrected chi connectivity index (χ0v) is 10.8. The van der Waals surface area contributed by atoms with Crippen LogP contribution in [0.15, 0.2) is 18.2 Å². The Morgan fingerprint density at radius 1 is 1.28 bits per heavy atom. The first-order valence-electron chi connectivity index (χ1n) is 5.15. The van der Waals surface area contributed by atoms with Crippen molar-refractivity contribution < 1.29 is 17.9 Å². The van der Waals surface area contributed by atoms with Gasteiger partial charge in [-0.05, 0) is 23.8 Å². The molecule has 1 aliphatic rings. The number of halogens is 5. The van der Waals surface area contributed by atoms with Crippen LogP contribution in [0.2, 0.25) is 5.02 Å². The van der Waals surface area contributed by atoms with Crippen LogP contribution in [0.1, 0.15) is 17.2 Å². The lowest BCUT2D eigenvalue weighted by Crippen LogP contribution is -2.34. The van der Waals surface area contributed by atoms with E-state index in [0.717, 1.165) is 12.1 Å². The van der Waals surface area contributed by atoms with Gasteiger partial charge in [-0.15, -0.1) is 12.4 Å².